The summed E-state index contributed by atoms with van der Waals surface area (Å²) >= 11 is 1.30. The number of amides is 1. The van der Waals surface area contributed by atoms with Crippen molar-refractivity contribution in [3.8, 4) is 11.4 Å². The second kappa shape index (κ2) is 8.22. The Labute approximate surface area is 162 Å². The van der Waals surface area contributed by atoms with E-state index in [2.05, 4.69) is 20.8 Å². The Balaban J connectivity index is 1.71. The predicted octanol–water partition coefficient (Wildman–Crippen LogP) is 3.41. The molecule has 0 bridgehead atoms. The molecule has 1 amide bonds. The Morgan fingerprint density at radius 1 is 1.19 bits per heavy atom. The van der Waals surface area contributed by atoms with Crippen LogP contribution in [0.1, 0.15) is 18.1 Å². The van der Waals surface area contributed by atoms with E-state index in [0.29, 0.717) is 5.16 Å². The molecule has 1 N–H and O–H groups in total. The van der Waals surface area contributed by atoms with Gasteiger partial charge in [0.1, 0.15) is 5.75 Å². The standard InChI is InChI=1S/C19H21N5O2S/c1-12-5-10-17(13(2)11-12)20-18(25)14(3)27-19-21-22-23-24(19)15-6-8-16(26-4)9-7-15/h5-11,14H,1-4H3,(H,20,25)/t14-/m1/s1. The van der Waals surface area contributed by atoms with Gasteiger partial charge in [-0.15, -0.1) is 5.10 Å². The Hall–Kier alpha value is -2.87. The van der Waals surface area contributed by atoms with Gasteiger partial charge in [-0.3, -0.25) is 4.79 Å². The van der Waals surface area contributed by atoms with Crippen LogP contribution in [-0.4, -0.2) is 38.5 Å². The van der Waals surface area contributed by atoms with Gasteiger partial charge in [-0.1, -0.05) is 29.5 Å². The van der Waals surface area contributed by atoms with Crippen molar-refractivity contribution in [3.05, 3.63) is 53.6 Å². The summed E-state index contributed by atoms with van der Waals surface area (Å²) in [4.78, 5) is 12.6. The maximum Gasteiger partial charge on any atom is 0.237 e. The summed E-state index contributed by atoms with van der Waals surface area (Å²) in [6.07, 6.45) is 0. The SMILES string of the molecule is COc1ccc(-n2nnnc2S[C@H](C)C(=O)Nc2ccc(C)cc2C)cc1. The highest BCUT2D eigenvalue weighted by Gasteiger charge is 2.20. The van der Waals surface area contributed by atoms with Crippen LogP contribution < -0.4 is 10.1 Å². The van der Waals surface area contributed by atoms with Crippen molar-refractivity contribution in [2.75, 3.05) is 12.4 Å². The van der Waals surface area contributed by atoms with E-state index in [-0.39, 0.29) is 11.2 Å². The van der Waals surface area contributed by atoms with Crippen LogP contribution in [0.15, 0.2) is 47.6 Å². The lowest BCUT2D eigenvalue weighted by atomic mass is 10.1. The summed E-state index contributed by atoms with van der Waals surface area (Å²) in [6.45, 7) is 5.83. The van der Waals surface area contributed by atoms with E-state index in [1.54, 1.807) is 11.8 Å². The Bertz CT molecular complexity index is 940. The van der Waals surface area contributed by atoms with Gasteiger partial charge in [-0.25, -0.2) is 0 Å². The molecule has 0 unspecified atom stereocenters. The molecule has 1 heterocycles. The third-order valence-electron chi connectivity index (χ3n) is 4.05. The number of anilines is 1. The van der Waals surface area contributed by atoms with Crippen molar-refractivity contribution in [1.29, 1.82) is 0 Å². The van der Waals surface area contributed by atoms with E-state index < -0.39 is 0 Å². The zero-order valence-electron chi connectivity index (χ0n) is 15.6. The molecule has 140 valence electrons. The maximum absolute atomic E-state index is 12.6. The van der Waals surface area contributed by atoms with Crippen molar-refractivity contribution in [2.24, 2.45) is 0 Å². The van der Waals surface area contributed by atoms with Crippen molar-refractivity contribution < 1.29 is 9.53 Å². The minimum atomic E-state index is -0.367. The number of rotatable bonds is 6. The van der Waals surface area contributed by atoms with Crippen LogP contribution in [0.4, 0.5) is 5.69 Å². The van der Waals surface area contributed by atoms with Gasteiger partial charge in [-0.05, 0) is 67.1 Å². The van der Waals surface area contributed by atoms with Gasteiger partial charge in [0.2, 0.25) is 11.1 Å². The first-order chi connectivity index (χ1) is 13.0. The third kappa shape index (κ3) is 4.46. The largest absolute Gasteiger partial charge is 0.497 e. The van der Waals surface area contributed by atoms with Crippen LogP contribution in [0.25, 0.3) is 5.69 Å². The zero-order valence-corrected chi connectivity index (χ0v) is 16.4. The zero-order chi connectivity index (χ0) is 19.4. The number of ether oxygens (including phenoxy) is 1. The number of carbonyl (C=O) groups is 1. The van der Waals surface area contributed by atoms with E-state index in [0.717, 1.165) is 28.3 Å². The minimum absolute atomic E-state index is 0.101. The van der Waals surface area contributed by atoms with Crippen molar-refractivity contribution in [3.63, 3.8) is 0 Å². The number of nitrogens with zero attached hydrogens (tertiary/aromatic N) is 4. The van der Waals surface area contributed by atoms with Crippen LogP contribution in [0, 0.1) is 13.8 Å². The average Bonchev–Trinajstić information content (AvgIpc) is 3.12. The average molecular weight is 383 g/mol. The molecule has 0 aliphatic heterocycles. The van der Waals surface area contributed by atoms with Crippen LogP contribution in [-0.2, 0) is 4.79 Å². The fraction of sp³-hybridized carbons (Fsp3) is 0.263. The van der Waals surface area contributed by atoms with Crippen LogP contribution in [0.2, 0.25) is 0 Å². The number of carbonyl (C=O) groups excluding carboxylic acids is 1. The maximum atomic E-state index is 12.6. The number of aromatic nitrogens is 4. The molecular formula is C19H21N5O2S. The summed E-state index contributed by atoms with van der Waals surface area (Å²) < 4.78 is 6.77. The first-order valence-corrected chi connectivity index (χ1v) is 9.33. The highest BCUT2D eigenvalue weighted by molar-refractivity contribution is 8.00. The molecule has 0 aliphatic carbocycles. The molecule has 0 radical (unpaired) electrons. The van der Waals surface area contributed by atoms with Crippen molar-refractivity contribution >= 4 is 23.4 Å². The summed E-state index contributed by atoms with van der Waals surface area (Å²) in [5, 5.41) is 15.0. The highest BCUT2D eigenvalue weighted by atomic mass is 32.2. The molecule has 0 spiro atoms. The molecule has 1 aromatic heterocycles. The lowest BCUT2D eigenvalue weighted by Crippen LogP contribution is -2.23. The number of methoxy groups -OCH3 is 1. The van der Waals surface area contributed by atoms with Gasteiger partial charge in [-0.2, -0.15) is 4.68 Å². The summed E-state index contributed by atoms with van der Waals surface area (Å²) in [6, 6.07) is 13.3. The summed E-state index contributed by atoms with van der Waals surface area (Å²) in [5.41, 5.74) is 3.80. The second-order valence-corrected chi connectivity index (χ2v) is 7.45. The molecule has 3 rings (SSSR count). The third-order valence-corrected chi connectivity index (χ3v) is 5.08. The predicted molar refractivity (Wildman–Crippen MR) is 106 cm³/mol. The first kappa shape index (κ1) is 18.9. The van der Waals surface area contributed by atoms with E-state index in [1.165, 1.54) is 11.8 Å². The number of nitrogens with one attached hydrogen (secondary N) is 1. The molecule has 0 saturated heterocycles. The fourth-order valence-electron chi connectivity index (χ4n) is 2.54. The number of tetrazole rings is 1. The molecule has 8 heteroatoms. The molecule has 1 atom stereocenters. The fourth-order valence-corrected chi connectivity index (χ4v) is 3.35. The van der Waals surface area contributed by atoms with Gasteiger partial charge >= 0.3 is 0 Å². The summed E-state index contributed by atoms with van der Waals surface area (Å²) in [5.74, 6) is 0.651. The smallest absolute Gasteiger partial charge is 0.237 e. The molecule has 3 aromatic rings. The summed E-state index contributed by atoms with van der Waals surface area (Å²) in [7, 11) is 1.61. The number of hydrogen-bond donors (Lipinski definition) is 1. The normalized spacial score (nSPS) is 11.9. The van der Waals surface area contributed by atoms with Crippen molar-refractivity contribution in [1.82, 2.24) is 20.2 Å². The van der Waals surface area contributed by atoms with Crippen LogP contribution >= 0.6 is 11.8 Å². The van der Waals surface area contributed by atoms with Gasteiger partial charge in [0.25, 0.3) is 0 Å². The van der Waals surface area contributed by atoms with Gasteiger partial charge < -0.3 is 10.1 Å². The molecule has 0 saturated carbocycles. The van der Waals surface area contributed by atoms with E-state index in [4.69, 9.17) is 4.74 Å². The lowest BCUT2D eigenvalue weighted by molar-refractivity contribution is -0.115. The molecule has 2 aromatic carbocycles. The van der Waals surface area contributed by atoms with Crippen LogP contribution in [0.3, 0.4) is 0 Å². The molecular weight excluding hydrogens is 362 g/mol. The second-order valence-electron chi connectivity index (χ2n) is 6.14. The Morgan fingerprint density at radius 2 is 1.93 bits per heavy atom. The number of aryl methyl sites for hydroxylation is 2. The Morgan fingerprint density at radius 3 is 2.59 bits per heavy atom. The van der Waals surface area contributed by atoms with Crippen molar-refractivity contribution in [2.45, 2.75) is 31.2 Å². The van der Waals surface area contributed by atoms with Gasteiger partial charge in [0, 0.05) is 5.69 Å². The monoisotopic (exact) mass is 383 g/mol. The first-order valence-electron chi connectivity index (χ1n) is 8.45. The highest BCUT2D eigenvalue weighted by Crippen LogP contribution is 2.25. The van der Waals surface area contributed by atoms with E-state index in [1.807, 2.05) is 63.2 Å². The minimum Gasteiger partial charge on any atom is -0.497 e. The van der Waals surface area contributed by atoms with E-state index >= 15 is 0 Å². The molecule has 7 nitrogen and oxygen atoms in total. The van der Waals surface area contributed by atoms with Crippen LogP contribution in [0.5, 0.6) is 5.75 Å². The lowest BCUT2D eigenvalue weighted by Gasteiger charge is -2.13. The Kier molecular flexibility index (Phi) is 5.75. The van der Waals surface area contributed by atoms with Gasteiger partial charge in [0.05, 0.1) is 18.0 Å². The number of hydrogen-bond acceptors (Lipinski definition) is 6. The quantitative estimate of drug-likeness (QED) is 0.657. The molecule has 0 fully saturated rings. The van der Waals surface area contributed by atoms with Gasteiger partial charge in [0.15, 0.2) is 0 Å². The number of benzene rings is 2. The molecule has 27 heavy (non-hydrogen) atoms. The topological polar surface area (TPSA) is 81.9 Å². The van der Waals surface area contributed by atoms with E-state index in [9.17, 15) is 4.79 Å². The molecule has 0 aliphatic rings. The number of thioether (sulfide) groups is 1.